The smallest absolute Gasteiger partial charge is 0.338 e. The Kier molecular flexibility index (Phi) is 6.99. The molecule has 0 saturated carbocycles. The predicted molar refractivity (Wildman–Crippen MR) is 106 cm³/mol. The van der Waals surface area contributed by atoms with Crippen LogP contribution in [0.4, 0.5) is 0 Å². The molecule has 2 aromatic rings. The topological polar surface area (TPSA) is 99.2 Å². The van der Waals surface area contributed by atoms with Crippen LogP contribution in [0.3, 0.4) is 0 Å². The lowest BCUT2D eigenvalue weighted by atomic mass is 10.1. The fourth-order valence-corrected chi connectivity index (χ4v) is 3.42. The molecule has 0 radical (unpaired) electrons. The number of carbonyl (C=O) groups is 2. The zero-order chi connectivity index (χ0) is 21.8. The van der Waals surface area contributed by atoms with Crippen LogP contribution < -0.4 is 9.47 Å². The van der Waals surface area contributed by atoms with Crippen molar-refractivity contribution in [1.29, 1.82) is 0 Å². The van der Waals surface area contributed by atoms with Gasteiger partial charge in [-0.15, -0.1) is 0 Å². The number of rotatable bonds is 8. The molecular formula is C20H23NO7S. The van der Waals surface area contributed by atoms with Gasteiger partial charge in [0.05, 0.1) is 24.7 Å². The number of hydrogen-bond acceptors (Lipinski definition) is 7. The van der Waals surface area contributed by atoms with Gasteiger partial charge in [0.2, 0.25) is 10.0 Å². The molecule has 0 spiro atoms. The second-order valence-electron chi connectivity index (χ2n) is 6.33. The van der Waals surface area contributed by atoms with E-state index in [-0.39, 0.29) is 16.0 Å². The van der Waals surface area contributed by atoms with Crippen molar-refractivity contribution in [2.24, 2.45) is 0 Å². The molecule has 2 rings (SSSR count). The number of ketones is 1. The van der Waals surface area contributed by atoms with Gasteiger partial charge in [-0.2, -0.15) is 0 Å². The summed E-state index contributed by atoms with van der Waals surface area (Å²) >= 11 is 0. The normalized spacial score (nSPS) is 11.2. The Balaban J connectivity index is 2.18. The van der Waals surface area contributed by atoms with Crippen molar-refractivity contribution in [2.45, 2.75) is 11.8 Å². The van der Waals surface area contributed by atoms with Gasteiger partial charge in [-0.05, 0) is 42.8 Å². The molecule has 0 aliphatic heterocycles. The Labute approximate surface area is 170 Å². The fraction of sp³-hybridized carbons (Fsp3) is 0.300. The Bertz CT molecular complexity index is 1030. The Hall–Kier alpha value is -2.91. The average Bonchev–Trinajstić information content (AvgIpc) is 2.71. The minimum atomic E-state index is -3.71. The van der Waals surface area contributed by atoms with E-state index in [1.165, 1.54) is 58.6 Å². The third-order valence-electron chi connectivity index (χ3n) is 4.25. The summed E-state index contributed by atoms with van der Waals surface area (Å²) in [4.78, 5) is 24.8. The monoisotopic (exact) mass is 421 g/mol. The summed E-state index contributed by atoms with van der Waals surface area (Å²) in [6.07, 6.45) is 0. The third kappa shape index (κ3) is 4.93. The maximum Gasteiger partial charge on any atom is 0.338 e. The van der Waals surface area contributed by atoms with Crippen LogP contribution in [0.2, 0.25) is 0 Å². The van der Waals surface area contributed by atoms with Gasteiger partial charge in [-0.1, -0.05) is 6.07 Å². The van der Waals surface area contributed by atoms with Gasteiger partial charge in [0.25, 0.3) is 0 Å². The van der Waals surface area contributed by atoms with E-state index in [0.717, 1.165) is 4.31 Å². The lowest BCUT2D eigenvalue weighted by molar-refractivity contribution is 0.0473. The van der Waals surface area contributed by atoms with Crippen molar-refractivity contribution in [2.75, 3.05) is 34.9 Å². The molecule has 8 nitrogen and oxygen atoms in total. The van der Waals surface area contributed by atoms with Crippen molar-refractivity contribution >= 4 is 21.8 Å². The van der Waals surface area contributed by atoms with E-state index < -0.39 is 28.4 Å². The number of benzene rings is 2. The summed E-state index contributed by atoms with van der Waals surface area (Å²) in [5, 5.41) is 0. The molecule has 0 heterocycles. The first-order valence-electron chi connectivity index (χ1n) is 8.57. The summed E-state index contributed by atoms with van der Waals surface area (Å²) in [5.41, 5.74) is 0.899. The first-order valence-corrected chi connectivity index (χ1v) is 10.0. The fourth-order valence-electron chi connectivity index (χ4n) is 2.49. The highest BCUT2D eigenvalue weighted by molar-refractivity contribution is 7.89. The molecule has 0 atom stereocenters. The van der Waals surface area contributed by atoms with E-state index in [1.54, 1.807) is 13.0 Å². The van der Waals surface area contributed by atoms with E-state index in [2.05, 4.69) is 0 Å². The summed E-state index contributed by atoms with van der Waals surface area (Å²) in [5.74, 6) is -0.376. The minimum absolute atomic E-state index is 0.0359. The zero-order valence-electron chi connectivity index (χ0n) is 16.9. The Morgan fingerprint density at radius 1 is 0.966 bits per heavy atom. The Morgan fingerprint density at radius 2 is 1.62 bits per heavy atom. The SMILES string of the molecule is COc1ccc(C(=O)COC(=O)c2cc(S(=O)(=O)N(C)C)ccc2C)cc1OC. The molecule has 0 N–H and O–H groups in total. The molecule has 0 amide bonds. The quantitative estimate of drug-likeness (QED) is 0.476. The number of sulfonamides is 1. The average molecular weight is 421 g/mol. The van der Waals surface area contributed by atoms with Gasteiger partial charge in [0.15, 0.2) is 23.9 Å². The highest BCUT2D eigenvalue weighted by atomic mass is 32.2. The van der Waals surface area contributed by atoms with Gasteiger partial charge >= 0.3 is 5.97 Å². The highest BCUT2D eigenvalue weighted by Crippen LogP contribution is 2.27. The lowest BCUT2D eigenvalue weighted by Crippen LogP contribution is -2.23. The van der Waals surface area contributed by atoms with Crippen LogP contribution >= 0.6 is 0 Å². The predicted octanol–water partition coefficient (Wildman–Crippen LogP) is 2.30. The molecule has 29 heavy (non-hydrogen) atoms. The van der Waals surface area contributed by atoms with Crippen LogP contribution in [0.15, 0.2) is 41.3 Å². The summed E-state index contributed by atoms with van der Waals surface area (Å²) in [7, 11) is 2.02. The second kappa shape index (κ2) is 9.06. The first kappa shape index (κ1) is 22.4. The lowest BCUT2D eigenvalue weighted by Gasteiger charge is -2.13. The van der Waals surface area contributed by atoms with Crippen LogP contribution in [0.5, 0.6) is 11.5 Å². The van der Waals surface area contributed by atoms with Crippen LogP contribution in [0.1, 0.15) is 26.3 Å². The Morgan fingerprint density at radius 3 is 2.21 bits per heavy atom. The van der Waals surface area contributed by atoms with Crippen molar-refractivity contribution in [3.05, 3.63) is 53.1 Å². The maximum atomic E-state index is 12.4. The van der Waals surface area contributed by atoms with E-state index in [9.17, 15) is 18.0 Å². The number of methoxy groups -OCH3 is 2. The molecule has 0 aliphatic rings. The van der Waals surface area contributed by atoms with E-state index >= 15 is 0 Å². The summed E-state index contributed by atoms with van der Waals surface area (Å²) in [6, 6.07) is 8.78. The van der Waals surface area contributed by atoms with Gasteiger partial charge in [-0.25, -0.2) is 17.5 Å². The van der Waals surface area contributed by atoms with E-state index in [4.69, 9.17) is 14.2 Å². The number of esters is 1. The van der Waals surface area contributed by atoms with Gasteiger partial charge in [0.1, 0.15) is 0 Å². The number of ether oxygens (including phenoxy) is 3. The van der Waals surface area contributed by atoms with Crippen LogP contribution in [0.25, 0.3) is 0 Å². The number of hydrogen-bond donors (Lipinski definition) is 0. The molecule has 9 heteroatoms. The van der Waals surface area contributed by atoms with Crippen LogP contribution in [0, 0.1) is 6.92 Å². The number of nitrogens with zero attached hydrogens (tertiary/aromatic N) is 1. The maximum absolute atomic E-state index is 12.4. The van der Waals surface area contributed by atoms with E-state index in [1.807, 2.05) is 0 Å². The van der Waals surface area contributed by atoms with E-state index in [0.29, 0.717) is 17.1 Å². The van der Waals surface area contributed by atoms with Crippen molar-refractivity contribution < 1.29 is 32.2 Å². The van der Waals surface area contributed by atoms with Crippen molar-refractivity contribution in [1.82, 2.24) is 4.31 Å². The van der Waals surface area contributed by atoms with Gasteiger partial charge in [-0.3, -0.25) is 4.79 Å². The largest absolute Gasteiger partial charge is 0.493 e. The van der Waals surface area contributed by atoms with Crippen LogP contribution in [-0.2, 0) is 14.8 Å². The summed E-state index contributed by atoms with van der Waals surface area (Å²) in [6.45, 7) is 1.15. The number of aryl methyl sites for hydroxylation is 1. The molecule has 156 valence electrons. The molecule has 0 saturated heterocycles. The molecule has 0 aromatic heterocycles. The molecular weight excluding hydrogens is 398 g/mol. The van der Waals surface area contributed by atoms with Gasteiger partial charge in [0, 0.05) is 19.7 Å². The third-order valence-corrected chi connectivity index (χ3v) is 6.06. The standard InChI is InChI=1S/C20H23NO7S/c1-13-6-8-15(29(24,25)21(2)3)11-16(13)20(23)28-12-17(22)14-7-9-18(26-4)19(10-14)27-5/h6-11H,12H2,1-5H3. The highest BCUT2D eigenvalue weighted by Gasteiger charge is 2.21. The molecule has 0 fully saturated rings. The second-order valence-corrected chi connectivity index (χ2v) is 8.49. The van der Waals surface area contributed by atoms with Crippen molar-refractivity contribution in [3.63, 3.8) is 0 Å². The van der Waals surface area contributed by atoms with Gasteiger partial charge < -0.3 is 14.2 Å². The zero-order valence-corrected chi connectivity index (χ0v) is 17.7. The molecule has 2 aromatic carbocycles. The molecule has 0 aliphatic carbocycles. The molecule has 0 bridgehead atoms. The van der Waals surface area contributed by atoms with Crippen molar-refractivity contribution in [3.8, 4) is 11.5 Å². The summed E-state index contributed by atoms with van der Waals surface area (Å²) < 4.78 is 41.0. The first-order chi connectivity index (χ1) is 13.6. The number of carbonyl (C=O) groups excluding carboxylic acids is 2. The van der Waals surface area contributed by atoms with Crippen LogP contribution in [-0.4, -0.2) is 59.4 Å². The molecule has 0 unspecified atom stereocenters. The minimum Gasteiger partial charge on any atom is -0.493 e. The number of Topliss-reactive ketones (excluding diaryl/α,β-unsaturated/α-hetero) is 1.